The van der Waals surface area contributed by atoms with Crippen molar-refractivity contribution in [2.24, 2.45) is 0 Å². The molecule has 12 rings (SSSR count). The van der Waals surface area contributed by atoms with Gasteiger partial charge < -0.3 is 9.38 Å². The number of hydrogen-bond donors (Lipinski definition) is 0. The number of aromatic nitrogens is 1. The van der Waals surface area contributed by atoms with E-state index in [-0.39, 0.29) is 28.5 Å². The van der Waals surface area contributed by atoms with E-state index in [0.29, 0.717) is 0 Å². The highest BCUT2D eigenvalue weighted by Gasteiger charge is 2.48. The zero-order chi connectivity index (χ0) is 42.3. The molecule has 0 atom stereocenters. The Morgan fingerprint density at radius 2 is 1.20 bits per heavy atom. The summed E-state index contributed by atoms with van der Waals surface area (Å²) in [6.45, 7) is 25.9. The Morgan fingerprint density at radius 1 is 0.541 bits per heavy atom. The lowest BCUT2D eigenvalue weighted by Crippen LogP contribution is -2.60. The van der Waals surface area contributed by atoms with Crippen molar-refractivity contribution in [3.05, 3.63) is 149 Å². The van der Waals surface area contributed by atoms with Crippen molar-refractivity contribution in [1.82, 2.24) is 4.57 Å². The second-order valence-corrected chi connectivity index (χ2v) is 22.9. The van der Waals surface area contributed by atoms with Crippen LogP contribution in [0.15, 0.2) is 121 Å². The molecule has 0 N–H and O–H groups in total. The quantitative estimate of drug-likeness (QED) is 0.150. The molecule has 4 heterocycles. The zero-order valence-corrected chi connectivity index (χ0v) is 38.2. The largest absolute Gasteiger partial charge is 0.376 e. The van der Waals surface area contributed by atoms with Gasteiger partial charge in [0.25, 0.3) is 0 Å². The molecule has 0 unspecified atom stereocenters. The van der Waals surface area contributed by atoms with Crippen LogP contribution in [-0.2, 0) is 21.7 Å². The molecule has 0 saturated heterocycles. The lowest BCUT2D eigenvalue weighted by molar-refractivity contribution is 0.590. The molecular weight excluding hydrogens is 756 g/mol. The number of hydrogen-bond acceptors (Lipinski definition) is 2. The van der Waals surface area contributed by atoms with Gasteiger partial charge in [0.15, 0.2) is 0 Å². The summed E-state index contributed by atoms with van der Waals surface area (Å²) in [7, 11) is 0. The molecule has 4 heteroatoms. The fourth-order valence-corrected chi connectivity index (χ4v) is 12.6. The Bertz CT molecular complexity index is 3390. The summed E-state index contributed by atoms with van der Waals surface area (Å²) in [5.41, 5.74) is 21.5. The van der Waals surface area contributed by atoms with Crippen LogP contribution in [0.1, 0.15) is 104 Å². The summed E-state index contributed by atoms with van der Waals surface area (Å²) in [5, 5.41) is 5.49. The van der Waals surface area contributed by atoms with Crippen molar-refractivity contribution in [2.75, 3.05) is 4.81 Å². The van der Waals surface area contributed by atoms with E-state index in [9.17, 15) is 0 Å². The number of anilines is 2. The topological polar surface area (TPSA) is 8.17 Å². The van der Waals surface area contributed by atoms with E-state index in [1.165, 1.54) is 120 Å². The van der Waals surface area contributed by atoms with Crippen molar-refractivity contribution in [3.8, 4) is 27.9 Å². The Balaban J connectivity index is 1.33. The summed E-state index contributed by atoms with van der Waals surface area (Å²) in [6, 6.07) is 47.8. The summed E-state index contributed by atoms with van der Waals surface area (Å²) in [5.74, 6) is 0. The van der Waals surface area contributed by atoms with Gasteiger partial charge in [-0.05, 0) is 115 Å². The van der Waals surface area contributed by atoms with E-state index in [0.717, 1.165) is 0 Å². The van der Waals surface area contributed by atoms with Crippen LogP contribution in [0.3, 0.4) is 0 Å². The Kier molecular flexibility index (Phi) is 7.24. The van der Waals surface area contributed by atoms with Crippen LogP contribution in [0.4, 0.5) is 11.4 Å². The highest BCUT2D eigenvalue weighted by molar-refractivity contribution is 7.27. The number of fused-ring (bicyclic) bond motifs is 16. The van der Waals surface area contributed by atoms with E-state index in [1.807, 2.05) is 11.3 Å². The van der Waals surface area contributed by atoms with Gasteiger partial charge >= 0.3 is 6.85 Å². The van der Waals surface area contributed by atoms with Gasteiger partial charge in [-0.3, -0.25) is 0 Å². The van der Waals surface area contributed by atoms with Crippen LogP contribution >= 0.6 is 11.3 Å². The molecule has 0 fully saturated rings. The van der Waals surface area contributed by atoms with Gasteiger partial charge in [-0.25, -0.2) is 0 Å². The predicted molar refractivity (Wildman–Crippen MR) is 266 cm³/mol. The standard InChI is InChI=1S/C57H53BN2S/c1-54(2,3)32-20-24-35(25-21-32)60-45-27-23-34(56(7,8)9)29-40(45)50-51-52-48(49-37-17-13-15-19-47(37)61-53(49)50)39-28-33(55(4,5)6)22-26-44(39)59(52)46-30-38-36-16-12-14-18-41(36)57(10,11)42(38)31-43(46)58(51)60/h12-31H,1-11H3. The number of nitrogens with zero attached hydrogens (tertiary/aromatic N) is 2. The molecule has 1 aliphatic carbocycles. The van der Waals surface area contributed by atoms with Gasteiger partial charge in [-0.15, -0.1) is 11.3 Å². The molecule has 0 spiro atoms. The van der Waals surface area contributed by atoms with Crippen LogP contribution < -0.4 is 15.7 Å². The van der Waals surface area contributed by atoms with Gasteiger partial charge in [-0.2, -0.15) is 0 Å². The highest BCUT2D eigenvalue weighted by Crippen LogP contribution is 2.55. The van der Waals surface area contributed by atoms with Crippen LogP contribution in [0, 0.1) is 0 Å². The van der Waals surface area contributed by atoms with Crippen molar-refractivity contribution < 1.29 is 0 Å². The third-order valence-electron chi connectivity index (χ3n) is 14.6. The summed E-state index contributed by atoms with van der Waals surface area (Å²) in [4.78, 5) is 2.72. The first kappa shape index (κ1) is 37.2. The first-order valence-corrected chi connectivity index (χ1v) is 23.0. The van der Waals surface area contributed by atoms with Gasteiger partial charge in [-0.1, -0.05) is 149 Å². The SMILES string of the molecule is CC(C)(C)c1ccc(N2B3c4cc5c(cc4-n4c6ccc(C(C)(C)C)cc6c6c7c(sc8ccccc87)c(c3c64)-c3cc(C(C)(C)C)ccc32)-c2ccccc2C5(C)C)cc1. The smallest absolute Gasteiger partial charge is 0.333 e. The van der Waals surface area contributed by atoms with Crippen molar-refractivity contribution in [1.29, 1.82) is 0 Å². The maximum atomic E-state index is 2.72. The Labute approximate surface area is 365 Å². The molecule has 2 aliphatic heterocycles. The third kappa shape index (κ3) is 4.92. The zero-order valence-electron chi connectivity index (χ0n) is 37.4. The molecule has 61 heavy (non-hydrogen) atoms. The number of thiophene rings is 1. The van der Waals surface area contributed by atoms with Gasteiger partial charge in [0.2, 0.25) is 0 Å². The number of benzene rings is 7. The molecule has 300 valence electrons. The van der Waals surface area contributed by atoms with Gasteiger partial charge in [0.1, 0.15) is 0 Å². The molecule has 0 saturated carbocycles. The average Bonchev–Trinajstić information content (AvgIpc) is 3.84. The van der Waals surface area contributed by atoms with E-state index < -0.39 is 0 Å². The fraction of sp³-hybridized carbons (Fsp3) is 0.263. The maximum absolute atomic E-state index is 2.72. The van der Waals surface area contributed by atoms with Crippen LogP contribution in [0.5, 0.6) is 0 Å². The molecule has 7 aromatic carbocycles. The van der Waals surface area contributed by atoms with E-state index in [1.54, 1.807) is 0 Å². The Morgan fingerprint density at radius 3 is 1.93 bits per heavy atom. The van der Waals surface area contributed by atoms with Crippen molar-refractivity contribution >= 4 is 82.5 Å². The molecule has 0 bridgehead atoms. The lowest BCUT2D eigenvalue weighted by Gasteiger charge is -2.43. The van der Waals surface area contributed by atoms with Crippen LogP contribution in [-0.4, -0.2) is 11.4 Å². The molecule has 0 radical (unpaired) electrons. The van der Waals surface area contributed by atoms with Crippen molar-refractivity contribution in [2.45, 2.75) is 97.8 Å². The highest BCUT2D eigenvalue weighted by atomic mass is 32.1. The molecule has 2 aromatic heterocycles. The first-order chi connectivity index (χ1) is 28.9. The normalized spacial score (nSPS) is 15.2. The minimum Gasteiger partial charge on any atom is -0.376 e. The fourth-order valence-electron chi connectivity index (χ4n) is 11.3. The second kappa shape index (κ2) is 11.9. The van der Waals surface area contributed by atoms with Crippen LogP contribution in [0.2, 0.25) is 0 Å². The summed E-state index contributed by atoms with van der Waals surface area (Å²) in [6.07, 6.45) is 0. The first-order valence-electron chi connectivity index (χ1n) is 22.2. The molecule has 0 amide bonds. The average molecular weight is 809 g/mol. The minimum atomic E-state index is -0.136. The lowest BCUT2D eigenvalue weighted by atomic mass is 9.43. The maximum Gasteiger partial charge on any atom is 0.333 e. The van der Waals surface area contributed by atoms with Crippen LogP contribution in [0.25, 0.3) is 69.9 Å². The predicted octanol–water partition coefficient (Wildman–Crippen LogP) is 14.6. The van der Waals surface area contributed by atoms with Crippen molar-refractivity contribution in [3.63, 3.8) is 0 Å². The van der Waals surface area contributed by atoms with E-state index in [4.69, 9.17) is 0 Å². The number of rotatable bonds is 1. The molecule has 9 aromatic rings. The van der Waals surface area contributed by atoms with Gasteiger partial charge in [0, 0.05) is 64.5 Å². The monoisotopic (exact) mass is 808 g/mol. The minimum absolute atomic E-state index is 0.00169. The summed E-state index contributed by atoms with van der Waals surface area (Å²) < 4.78 is 5.45. The van der Waals surface area contributed by atoms with Gasteiger partial charge in [0.05, 0.1) is 11.0 Å². The molecule has 2 nitrogen and oxygen atoms in total. The Hall–Kier alpha value is -5.58. The molecule has 3 aliphatic rings. The summed E-state index contributed by atoms with van der Waals surface area (Å²) >= 11 is 1.99. The third-order valence-corrected chi connectivity index (χ3v) is 15.8. The second-order valence-electron chi connectivity index (χ2n) is 21.8. The van der Waals surface area contributed by atoms with E-state index in [2.05, 4.69) is 207 Å². The molecular formula is C57H53BN2S. The van der Waals surface area contributed by atoms with E-state index >= 15 is 0 Å².